The molecular formula is C8H22N2Si. The van der Waals surface area contributed by atoms with Gasteiger partial charge in [-0.05, 0) is 26.1 Å². The highest BCUT2D eigenvalue weighted by atomic mass is 28.2. The van der Waals surface area contributed by atoms with Gasteiger partial charge in [-0.3, -0.25) is 0 Å². The Balaban J connectivity index is 4.08. The SMILES string of the molecule is CNC(C)(NC)[SiH2]C(C)(C)C. The quantitative estimate of drug-likeness (QED) is 0.480. The summed E-state index contributed by atoms with van der Waals surface area (Å²) in [6.07, 6.45) is 0. The van der Waals surface area contributed by atoms with Gasteiger partial charge in [0.15, 0.2) is 0 Å². The Morgan fingerprint density at radius 2 is 1.27 bits per heavy atom. The highest BCUT2D eigenvalue weighted by Gasteiger charge is 2.26. The summed E-state index contributed by atoms with van der Waals surface area (Å²) in [5.74, 6) is 0. The predicted octanol–water partition coefficient (Wildman–Crippen LogP) is 0.486. The van der Waals surface area contributed by atoms with E-state index in [0.29, 0.717) is 5.04 Å². The first-order valence-corrected chi connectivity index (χ1v) is 5.62. The Morgan fingerprint density at radius 1 is 0.909 bits per heavy atom. The van der Waals surface area contributed by atoms with E-state index in [4.69, 9.17) is 0 Å². The van der Waals surface area contributed by atoms with Crippen molar-refractivity contribution in [1.29, 1.82) is 0 Å². The Kier molecular flexibility index (Phi) is 3.74. The van der Waals surface area contributed by atoms with Gasteiger partial charge >= 0.3 is 0 Å². The van der Waals surface area contributed by atoms with Gasteiger partial charge in [0.05, 0.1) is 9.52 Å². The van der Waals surface area contributed by atoms with Crippen LogP contribution >= 0.6 is 0 Å². The highest BCUT2D eigenvalue weighted by molar-refractivity contribution is 6.43. The molecule has 0 fully saturated rings. The van der Waals surface area contributed by atoms with Gasteiger partial charge in [-0.15, -0.1) is 0 Å². The van der Waals surface area contributed by atoms with Gasteiger partial charge in [0.1, 0.15) is 0 Å². The molecule has 0 aliphatic rings. The van der Waals surface area contributed by atoms with Crippen molar-refractivity contribution in [3.05, 3.63) is 0 Å². The predicted molar refractivity (Wildman–Crippen MR) is 54.8 cm³/mol. The van der Waals surface area contributed by atoms with E-state index in [-0.39, 0.29) is 14.8 Å². The van der Waals surface area contributed by atoms with Crippen LogP contribution in [0.5, 0.6) is 0 Å². The molecule has 3 heteroatoms. The summed E-state index contributed by atoms with van der Waals surface area (Å²) < 4.78 is 0. The molecule has 0 bridgehead atoms. The summed E-state index contributed by atoms with van der Waals surface area (Å²) in [7, 11) is 3.89. The Hall–Kier alpha value is 0.137. The average molecular weight is 174 g/mol. The molecule has 11 heavy (non-hydrogen) atoms. The van der Waals surface area contributed by atoms with Crippen LogP contribution in [0.3, 0.4) is 0 Å². The lowest BCUT2D eigenvalue weighted by Crippen LogP contribution is -2.58. The molecule has 0 saturated heterocycles. The van der Waals surface area contributed by atoms with Crippen molar-refractivity contribution in [2.45, 2.75) is 38.0 Å². The molecule has 0 spiro atoms. The smallest absolute Gasteiger partial charge is 0.0680 e. The summed E-state index contributed by atoms with van der Waals surface area (Å²) >= 11 is 0. The molecule has 0 atom stereocenters. The van der Waals surface area contributed by atoms with Crippen LogP contribution in [0.1, 0.15) is 27.7 Å². The van der Waals surface area contributed by atoms with Crippen molar-refractivity contribution in [3.63, 3.8) is 0 Å². The van der Waals surface area contributed by atoms with Crippen LogP contribution in [-0.4, -0.2) is 28.9 Å². The van der Waals surface area contributed by atoms with E-state index >= 15 is 0 Å². The number of nitrogens with one attached hydrogen (secondary N) is 2. The number of rotatable bonds is 3. The molecule has 0 aromatic carbocycles. The Bertz CT molecular complexity index is 114. The van der Waals surface area contributed by atoms with Gasteiger partial charge in [-0.2, -0.15) is 0 Å². The third kappa shape index (κ3) is 4.56. The molecular weight excluding hydrogens is 152 g/mol. The van der Waals surface area contributed by atoms with Gasteiger partial charge in [0.25, 0.3) is 0 Å². The summed E-state index contributed by atoms with van der Waals surface area (Å²) in [6.45, 7) is 9.18. The minimum atomic E-state index is -0.155. The summed E-state index contributed by atoms with van der Waals surface area (Å²) in [5.41, 5.74) is 0. The van der Waals surface area contributed by atoms with Gasteiger partial charge in [0, 0.05) is 5.29 Å². The standard InChI is InChI=1S/C8H22N2Si/c1-7(2,3)11-8(4,9-5)10-6/h9-10H,11H2,1-6H3. The summed E-state index contributed by atoms with van der Waals surface area (Å²) in [4.78, 5) is 0. The molecule has 0 rings (SSSR count). The van der Waals surface area contributed by atoms with E-state index in [1.165, 1.54) is 0 Å². The van der Waals surface area contributed by atoms with Crippen LogP contribution in [0, 0.1) is 0 Å². The monoisotopic (exact) mass is 174 g/mol. The molecule has 0 radical (unpaired) electrons. The second-order valence-corrected chi connectivity index (χ2v) is 8.46. The maximum Gasteiger partial charge on any atom is 0.0680 e. The first kappa shape index (κ1) is 11.1. The van der Waals surface area contributed by atoms with Crippen LogP contribution in [0.2, 0.25) is 5.04 Å². The molecule has 0 aromatic rings. The fourth-order valence-electron chi connectivity index (χ4n) is 1.36. The maximum absolute atomic E-state index is 3.34. The second kappa shape index (κ2) is 3.69. The van der Waals surface area contributed by atoms with E-state index in [1.54, 1.807) is 0 Å². The van der Waals surface area contributed by atoms with Crippen LogP contribution in [-0.2, 0) is 0 Å². The normalized spacial score (nSPS) is 14.7. The lowest BCUT2D eigenvalue weighted by atomic mass is 10.2. The highest BCUT2D eigenvalue weighted by Crippen LogP contribution is 2.23. The average Bonchev–Trinajstić information content (AvgIpc) is 1.84. The van der Waals surface area contributed by atoms with Crippen molar-refractivity contribution < 1.29 is 0 Å². The third-order valence-corrected chi connectivity index (χ3v) is 4.46. The minimum absolute atomic E-state index is 0.155. The molecule has 0 amide bonds. The fourth-order valence-corrected chi connectivity index (χ4v) is 3.84. The van der Waals surface area contributed by atoms with Gasteiger partial charge < -0.3 is 10.6 Å². The molecule has 0 aromatic heterocycles. The van der Waals surface area contributed by atoms with Crippen molar-refractivity contribution >= 4 is 9.52 Å². The first-order chi connectivity index (χ1) is 4.83. The zero-order valence-corrected chi connectivity index (χ0v) is 10.1. The van der Waals surface area contributed by atoms with Gasteiger partial charge in [-0.25, -0.2) is 0 Å². The number of hydrogen-bond donors (Lipinski definition) is 2. The molecule has 2 nitrogen and oxygen atoms in total. The maximum atomic E-state index is 3.34. The van der Waals surface area contributed by atoms with Crippen molar-refractivity contribution in [2.24, 2.45) is 0 Å². The first-order valence-electron chi connectivity index (χ1n) is 4.21. The topological polar surface area (TPSA) is 24.1 Å². The van der Waals surface area contributed by atoms with Crippen LogP contribution in [0.15, 0.2) is 0 Å². The molecule has 2 N–H and O–H groups in total. The van der Waals surface area contributed by atoms with E-state index in [9.17, 15) is 0 Å². The lowest BCUT2D eigenvalue weighted by molar-refractivity contribution is 0.449. The Labute approximate surface area is 73.0 Å². The zero-order valence-electron chi connectivity index (χ0n) is 8.71. The fraction of sp³-hybridized carbons (Fsp3) is 1.00. The van der Waals surface area contributed by atoms with E-state index in [2.05, 4.69) is 38.3 Å². The molecule has 0 unspecified atom stereocenters. The largest absolute Gasteiger partial charge is 0.306 e. The molecule has 68 valence electrons. The third-order valence-electron chi connectivity index (χ3n) is 1.99. The molecule has 0 heterocycles. The zero-order chi connectivity index (χ0) is 9.12. The summed E-state index contributed by atoms with van der Waals surface area (Å²) in [5, 5.41) is 7.38. The second-order valence-electron chi connectivity index (χ2n) is 4.57. The van der Waals surface area contributed by atoms with Crippen molar-refractivity contribution in [1.82, 2.24) is 10.6 Å². The van der Waals surface area contributed by atoms with Gasteiger partial charge in [-0.1, -0.05) is 20.8 Å². The Morgan fingerprint density at radius 3 is 1.36 bits per heavy atom. The molecule has 0 saturated carbocycles. The number of hydrogen-bond acceptors (Lipinski definition) is 2. The van der Waals surface area contributed by atoms with E-state index < -0.39 is 0 Å². The van der Waals surface area contributed by atoms with E-state index in [1.807, 2.05) is 14.1 Å². The molecule has 0 aliphatic heterocycles. The van der Waals surface area contributed by atoms with Crippen LogP contribution in [0.25, 0.3) is 0 Å². The minimum Gasteiger partial charge on any atom is -0.306 e. The van der Waals surface area contributed by atoms with E-state index in [0.717, 1.165) is 0 Å². The van der Waals surface area contributed by atoms with Crippen molar-refractivity contribution in [2.75, 3.05) is 14.1 Å². The van der Waals surface area contributed by atoms with Crippen LogP contribution < -0.4 is 10.6 Å². The van der Waals surface area contributed by atoms with Crippen LogP contribution in [0.4, 0.5) is 0 Å². The van der Waals surface area contributed by atoms with Crippen molar-refractivity contribution in [3.8, 4) is 0 Å². The lowest BCUT2D eigenvalue weighted by Gasteiger charge is -2.34. The van der Waals surface area contributed by atoms with Gasteiger partial charge in [0.2, 0.25) is 0 Å². The summed E-state index contributed by atoms with van der Waals surface area (Å²) in [6, 6.07) is 0. The molecule has 0 aliphatic carbocycles.